The van der Waals surface area contributed by atoms with Crippen molar-refractivity contribution in [3.05, 3.63) is 89.2 Å². The standard InChI is InChI=1S/C24H16ClF4N5O2/c25-22-21-17(7-8-31-22)18(11-33(21)12-20(30)35)23(36,24(27,28)29)14-1-6-19-13(9-14)10-32-34(19)16-4-2-15(26)3-5-16/h1-11,36H,12H2,(H2,30,35). The molecule has 3 N–H and O–H groups in total. The minimum Gasteiger partial charge on any atom is -0.372 e. The lowest BCUT2D eigenvalue weighted by atomic mass is 9.85. The minimum atomic E-state index is -5.17. The zero-order valence-electron chi connectivity index (χ0n) is 18.2. The number of primary amides is 1. The van der Waals surface area contributed by atoms with E-state index in [0.717, 1.165) is 16.8 Å². The molecule has 1 unspecified atom stereocenters. The Hall–Kier alpha value is -3.96. The number of carbonyl (C=O) groups is 1. The summed E-state index contributed by atoms with van der Waals surface area (Å²) in [5, 5.41) is 15.7. The van der Waals surface area contributed by atoms with Gasteiger partial charge in [-0.25, -0.2) is 14.1 Å². The van der Waals surface area contributed by atoms with Crippen LogP contribution >= 0.6 is 11.6 Å². The second-order valence-electron chi connectivity index (χ2n) is 8.15. The normalized spacial score (nSPS) is 13.8. The van der Waals surface area contributed by atoms with Crippen molar-refractivity contribution in [2.24, 2.45) is 5.73 Å². The van der Waals surface area contributed by atoms with E-state index in [0.29, 0.717) is 16.6 Å². The van der Waals surface area contributed by atoms with Gasteiger partial charge in [-0.3, -0.25) is 4.79 Å². The molecule has 0 spiro atoms. The quantitative estimate of drug-likeness (QED) is 0.266. The van der Waals surface area contributed by atoms with E-state index in [1.165, 1.54) is 59.5 Å². The molecule has 0 aliphatic carbocycles. The molecule has 36 heavy (non-hydrogen) atoms. The Kier molecular flexibility index (Phi) is 5.49. The molecule has 0 saturated heterocycles. The summed E-state index contributed by atoms with van der Waals surface area (Å²) in [6.07, 6.45) is -1.62. The Balaban J connectivity index is 1.72. The van der Waals surface area contributed by atoms with Gasteiger partial charge in [-0.1, -0.05) is 17.7 Å². The van der Waals surface area contributed by atoms with Gasteiger partial charge in [-0.05, 0) is 48.0 Å². The molecule has 0 saturated carbocycles. The molecular weight excluding hydrogens is 502 g/mol. The summed E-state index contributed by atoms with van der Waals surface area (Å²) in [5.74, 6) is -1.26. The third kappa shape index (κ3) is 3.67. The first kappa shape index (κ1) is 23.8. The number of aliphatic hydroxyl groups is 1. The highest BCUT2D eigenvalue weighted by atomic mass is 35.5. The average molecular weight is 518 g/mol. The number of nitrogens with two attached hydrogens (primary N) is 1. The first-order chi connectivity index (χ1) is 17.0. The smallest absolute Gasteiger partial charge is 0.372 e. The molecule has 5 aromatic rings. The SMILES string of the molecule is NC(=O)Cn1cc(C(O)(c2ccc3c(cnn3-c3ccc(F)cc3)c2)C(F)(F)F)c2ccnc(Cl)c21. The van der Waals surface area contributed by atoms with Crippen LogP contribution in [0.1, 0.15) is 11.1 Å². The summed E-state index contributed by atoms with van der Waals surface area (Å²) in [6.45, 7) is -0.473. The lowest BCUT2D eigenvalue weighted by Crippen LogP contribution is -2.43. The van der Waals surface area contributed by atoms with Gasteiger partial charge < -0.3 is 15.4 Å². The van der Waals surface area contributed by atoms with Crippen LogP contribution in [-0.2, 0) is 16.9 Å². The molecule has 5 rings (SSSR count). The molecule has 0 fully saturated rings. The number of alkyl halides is 3. The first-order valence-electron chi connectivity index (χ1n) is 10.5. The maximum absolute atomic E-state index is 14.6. The van der Waals surface area contributed by atoms with Crippen LogP contribution in [0.4, 0.5) is 17.6 Å². The van der Waals surface area contributed by atoms with Crippen LogP contribution in [-0.4, -0.2) is 36.5 Å². The highest BCUT2D eigenvalue weighted by Crippen LogP contribution is 2.48. The zero-order chi connectivity index (χ0) is 25.8. The second-order valence-corrected chi connectivity index (χ2v) is 8.51. The maximum Gasteiger partial charge on any atom is 0.425 e. The first-order valence-corrected chi connectivity index (χ1v) is 10.8. The molecule has 2 aromatic carbocycles. The largest absolute Gasteiger partial charge is 0.425 e. The van der Waals surface area contributed by atoms with Gasteiger partial charge in [0.1, 0.15) is 12.4 Å². The molecule has 1 amide bonds. The number of hydrogen-bond donors (Lipinski definition) is 2. The minimum absolute atomic E-state index is 0.0286. The molecule has 0 bridgehead atoms. The van der Waals surface area contributed by atoms with E-state index in [1.807, 2.05) is 0 Å². The summed E-state index contributed by atoms with van der Waals surface area (Å²) in [6, 6.07) is 10.4. The Labute approximate surface area is 205 Å². The monoisotopic (exact) mass is 517 g/mol. The molecule has 7 nitrogen and oxygen atoms in total. The van der Waals surface area contributed by atoms with E-state index in [-0.39, 0.29) is 16.1 Å². The van der Waals surface area contributed by atoms with Gasteiger partial charge in [0.25, 0.3) is 0 Å². The summed E-state index contributed by atoms with van der Waals surface area (Å²) in [7, 11) is 0. The van der Waals surface area contributed by atoms with E-state index >= 15 is 0 Å². The van der Waals surface area contributed by atoms with Crippen LogP contribution in [0.25, 0.3) is 27.5 Å². The Bertz CT molecular complexity index is 1630. The molecule has 1 atom stereocenters. The molecule has 12 heteroatoms. The van der Waals surface area contributed by atoms with Crippen molar-refractivity contribution in [3.8, 4) is 5.69 Å². The number of carbonyl (C=O) groups excluding carboxylic acids is 1. The Morgan fingerprint density at radius 3 is 2.50 bits per heavy atom. The lowest BCUT2D eigenvalue weighted by molar-refractivity contribution is -0.247. The highest BCUT2D eigenvalue weighted by Gasteiger charge is 2.57. The van der Waals surface area contributed by atoms with Crippen LogP contribution in [0, 0.1) is 5.82 Å². The summed E-state index contributed by atoms with van der Waals surface area (Å²) in [5.41, 5.74) is 1.74. The lowest BCUT2D eigenvalue weighted by Gasteiger charge is -2.31. The van der Waals surface area contributed by atoms with E-state index in [4.69, 9.17) is 17.3 Å². The van der Waals surface area contributed by atoms with E-state index in [2.05, 4.69) is 10.1 Å². The zero-order valence-corrected chi connectivity index (χ0v) is 18.9. The fourth-order valence-corrected chi connectivity index (χ4v) is 4.57. The van der Waals surface area contributed by atoms with Crippen LogP contribution in [0.3, 0.4) is 0 Å². The molecule has 3 aromatic heterocycles. The average Bonchev–Trinajstić information content (AvgIpc) is 3.40. The highest BCUT2D eigenvalue weighted by molar-refractivity contribution is 6.34. The number of halogens is 5. The van der Waals surface area contributed by atoms with Gasteiger partial charge in [-0.2, -0.15) is 18.3 Å². The van der Waals surface area contributed by atoms with Crippen LogP contribution in [0.15, 0.2) is 67.1 Å². The molecular formula is C24H16ClF4N5O2. The van der Waals surface area contributed by atoms with Gasteiger partial charge in [-0.15, -0.1) is 0 Å². The van der Waals surface area contributed by atoms with Crippen molar-refractivity contribution < 1.29 is 27.5 Å². The van der Waals surface area contributed by atoms with Gasteiger partial charge in [0.05, 0.1) is 22.9 Å². The number of rotatable bonds is 5. The molecule has 184 valence electrons. The van der Waals surface area contributed by atoms with Gasteiger partial charge in [0, 0.05) is 28.7 Å². The van der Waals surface area contributed by atoms with Gasteiger partial charge >= 0.3 is 6.18 Å². The second kappa shape index (κ2) is 8.32. The third-order valence-corrected chi connectivity index (χ3v) is 6.20. The van der Waals surface area contributed by atoms with Gasteiger partial charge in [0.15, 0.2) is 5.15 Å². The van der Waals surface area contributed by atoms with Gasteiger partial charge in [0.2, 0.25) is 11.5 Å². The third-order valence-electron chi connectivity index (χ3n) is 5.93. The van der Waals surface area contributed by atoms with Crippen molar-refractivity contribution >= 4 is 39.3 Å². The van der Waals surface area contributed by atoms with Crippen molar-refractivity contribution in [1.82, 2.24) is 19.3 Å². The summed E-state index contributed by atoms with van der Waals surface area (Å²) in [4.78, 5) is 15.4. The fourth-order valence-electron chi connectivity index (χ4n) is 4.31. The number of pyridine rings is 1. The fraction of sp³-hybridized carbons (Fsp3) is 0.125. The van der Waals surface area contributed by atoms with Crippen molar-refractivity contribution in [2.75, 3.05) is 0 Å². The predicted molar refractivity (Wildman–Crippen MR) is 124 cm³/mol. The van der Waals surface area contributed by atoms with Crippen LogP contribution in [0.2, 0.25) is 5.15 Å². The topological polar surface area (TPSA) is 99.0 Å². The summed E-state index contributed by atoms with van der Waals surface area (Å²) >= 11 is 6.14. The molecule has 0 radical (unpaired) electrons. The van der Waals surface area contributed by atoms with Crippen LogP contribution < -0.4 is 5.73 Å². The molecule has 0 aliphatic rings. The number of hydrogen-bond acceptors (Lipinski definition) is 4. The van der Waals surface area contributed by atoms with Crippen molar-refractivity contribution in [3.63, 3.8) is 0 Å². The number of aromatic nitrogens is 4. The summed E-state index contributed by atoms with van der Waals surface area (Å²) < 4.78 is 59.8. The van der Waals surface area contributed by atoms with E-state index < -0.39 is 41.2 Å². The maximum atomic E-state index is 14.6. The van der Waals surface area contributed by atoms with E-state index in [1.54, 1.807) is 0 Å². The molecule has 3 heterocycles. The predicted octanol–water partition coefficient (Wildman–Crippen LogP) is 4.45. The number of fused-ring (bicyclic) bond motifs is 2. The van der Waals surface area contributed by atoms with E-state index in [9.17, 15) is 27.5 Å². The molecule has 0 aliphatic heterocycles. The number of amides is 1. The Morgan fingerprint density at radius 1 is 1.11 bits per heavy atom. The van der Waals surface area contributed by atoms with Crippen molar-refractivity contribution in [2.45, 2.75) is 18.3 Å². The van der Waals surface area contributed by atoms with Crippen LogP contribution in [0.5, 0.6) is 0 Å². The number of nitrogens with zero attached hydrogens (tertiary/aromatic N) is 4. The van der Waals surface area contributed by atoms with Crippen molar-refractivity contribution in [1.29, 1.82) is 0 Å². The Morgan fingerprint density at radius 2 is 1.83 bits per heavy atom. The number of benzene rings is 2.